The van der Waals surface area contributed by atoms with Gasteiger partial charge in [0.05, 0.1) is 18.8 Å². The van der Waals surface area contributed by atoms with Crippen LogP contribution in [0, 0.1) is 11.7 Å². The summed E-state index contributed by atoms with van der Waals surface area (Å²) in [5.74, 6) is -4.12. The average Bonchev–Trinajstić information content (AvgIpc) is 3.39. The fourth-order valence-corrected chi connectivity index (χ4v) is 5.97. The highest BCUT2D eigenvalue weighted by molar-refractivity contribution is 7.10. The first-order chi connectivity index (χ1) is 17.4. The van der Waals surface area contributed by atoms with Crippen LogP contribution in [0.4, 0.5) is 4.39 Å². The van der Waals surface area contributed by atoms with Gasteiger partial charge in [0.15, 0.2) is 5.78 Å². The van der Waals surface area contributed by atoms with Gasteiger partial charge in [-0.05, 0) is 55.8 Å². The Labute approximate surface area is 214 Å². The van der Waals surface area contributed by atoms with E-state index in [1.54, 1.807) is 26.0 Å². The van der Waals surface area contributed by atoms with E-state index in [1.807, 2.05) is 24.4 Å². The molecule has 1 aromatic carbocycles. The third kappa shape index (κ3) is 4.87. The van der Waals surface area contributed by atoms with Gasteiger partial charge in [-0.2, -0.15) is 0 Å². The van der Waals surface area contributed by atoms with Crippen molar-refractivity contribution in [2.24, 2.45) is 5.92 Å². The maximum absolute atomic E-state index is 14.2. The van der Waals surface area contributed by atoms with Crippen LogP contribution in [0.5, 0.6) is 0 Å². The number of rotatable bonds is 8. The van der Waals surface area contributed by atoms with E-state index in [4.69, 9.17) is 9.47 Å². The van der Waals surface area contributed by atoms with E-state index < -0.39 is 29.6 Å². The van der Waals surface area contributed by atoms with E-state index >= 15 is 0 Å². The highest BCUT2D eigenvalue weighted by Crippen LogP contribution is 2.49. The monoisotopic (exact) mass is 511 g/mol. The van der Waals surface area contributed by atoms with Crippen molar-refractivity contribution in [2.75, 3.05) is 13.2 Å². The minimum atomic E-state index is -1.04. The molecular formula is C28H30FNO5S. The van der Waals surface area contributed by atoms with E-state index in [-0.39, 0.29) is 24.9 Å². The lowest BCUT2D eigenvalue weighted by molar-refractivity contribution is -0.152. The molecule has 0 unspecified atom stereocenters. The number of thiophene rings is 1. The Balaban J connectivity index is 1.91. The van der Waals surface area contributed by atoms with Gasteiger partial charge in [-0.25, -0.2) is 9.18 Å². The van der Waals surface area contributed by atoms with Crippen LogP contribution in [0.25, 0.3) is 0 Å². The van der Waals surface area contributed by atoms with Crippen LogP contribution in [0.15, 0.2) is 64.3 Å². The van der Waals surface area contributed by atoms with Gasteiger partial charge in [-0.1, -0.05) is 31.5 Å². The van der Waals surface area contributed by atoms with Crippen molar-refractivity contribution in [3.8, 4) is 0 Å². The number of halogens is 1. The molecule has 2 aromatic rings. The Morgan fingerprint density at radius 2 is 1.81 bits per heavy atom. The Kier molecular flexibility index (Phi) is 8.04. The second kappa shape index (κ2) is 11.2. The molecule has 0 radical (unpaired) electrons. The maximum Gasteiger partial charge on any atom is 0.336 e. The molecule has 0 amide bonds. The number of ether oxygens (including phenoxy) is 2. The van der Waals surface area contributed by atoms with E-state index in [1.165, 1.54) is 23.5 Å². The number of ketones is 1. The summed E-state index contributed by atoms with van der Waals surface area (Å²) in [7, 11) is 0. The van der Waals surface area contributed by atoms with Gasteiger partial charge in [0.1, 0.15) is 11.7 Å². The molecule has 1 aromatic heterocycles. The molecule has 6 nitrogen and oxygen atoms in total. The molecule has 1 aliphatic carbocycles. The molecule has 0 spiro atoms. The van der Waals surface area contributed by atoms with Crippen molar-refractivity contribution in [3.63, 3.8) is 0 Å². The minimum absolute atomic E-state index is 0.153. The van der Waals surface area contributed by atoms with Crippen LogP contribution in [-0.4, -0.2) is 30.9 Å². The number of allylic oxidation sites excluding steroid dienone is 3. The maximum atomic E-state index is 14.2. The van der Waals surface area contributed by atoms with Gasteiger partial charge in [0.2, 0.25) is 0 Å². The largest absolute Gasteiger partial charge is 0.465 e. The first kappa shape index (κ1) is 25.8. The van der Waals surface area contributed by atoms with E-state index in [0.717, 1.165) is 11.3 Å². The zero-order valence-corrected chi connectivity index (χ0v) is 21.5. The quantitative estimate of drug-likeness (QED) is 0.379. The first-order valence-electron chi connectivity index (χ1n) is 12.3. The number of nitrogens with one attached hydrogen (secondary N) is 1. The van der Waals surface area contributed by atoms with Crippen LogP contribution in [0.3, 0.4) is 0 Å². The average molecular weight is 512 g/mol. The van der Waals surface area contributed by atoms with Crippen molar-refractivity contribution in [1.82, 2.24) is 5.32 Å². The normalized spacial score (nSPS) is 21.7. The molecule has 8 heteroatoms. The van der Waals surface area contributed by atoms with E-state index in [9.17, 15) is 18.8 Å². The Hall–Kier alpha value is -3.26. The molecule has 1 N–H and O–H groups in total. The molecule has 0 fully saturated rings. The summed E-state index contributed by atoms with van der Waals surface area (Å²) < 4.78 is 24.6. The number of benzene rings is 1. The van der Waals surface area contributed by atoms with Crippen LogP contribution in [0.2, 0.25) is 0 Å². The number of Topliss-reactive ketones (excluding diaryl/α,β-unsaturated/α-hetero) is 1. The lowest BCUT2D eigenvalue weighted by Gasteiger charge is -2.39. The van der Waals surface area contributed by atoms with Gasteiger partial charge in [-0.15, -0.1) is 11.3 Å². The number of hydrogen-bond acceptors (Lipinski definition) is 7. The predicted octanol–water partition coefficient (Wildman–Crippen LogP) is 5.38. The third-order valence-corrected chi connectivity index (χ3v) is 7.56. The molecule has 1 aliphatic heterocycles. The number of carbonyl (C=O) groups excluding carboxylic acids is 3. The van der Waals surface area contributed by atoms with Crippen LogP contribution in [-0.2, 0) is 23.9 Å². The number of esters is 2. The predicted molar refractivity (Wildman–Crippen MR) is 135 cm³/mol. The van der Waals surface area contributed by atoms with Crippen LogP contribution in [0.1, 0.15) is 62.3 Å². The van der Waals surface area contributed by atoms with Crippen LogP contribution < -0.4 is 5.32 Å². The Bertz CT molecular complexity index is 1200. The van der Waals surface area contributed by atoms with Gasteiger partial charge in [0.25, 0.3) is 0 Å². The lowest BCUT2D eigenvalue weighted by Crippen LogP contribution is -2.43. The van der Waals surface area contributed by atoms with Crippen molar-refractivity contribution in [1.29, 1.82) is 0 Å². The Morgan fingerprint density at radius 3 is 2.42 bits per heavy atom. The van der Waals surface area contributed by atoms with Crippen molar-refractivity contribution < 1.29 is 28.2 Å². The molecule has 0 saturated heterocycles. The summed E-state index contributed by atoms with van der Waals surface area (Å²) >= 11 is 1.49. The summed E-state index contributed by atoms with van der Waals surface area (Å²) in [6.07, 6.45) is 1.74. The molecule has 4 rings (SSSR count). The molecule has 3 atom stereocenters. The summed E-state index contributed by atoms with van der Waals surface area (Å²) in [4.78, 5) is 41.5. The smallest absolute Gasteiger partial charge is 0.336 e. The van der Waals surface area contributed by atoms with Crippen molar-refractivity contribution in [3.05, 3.63) is 80.6 Å². The third-order valence-electron chi connectivity index (χ3n) is 6.55. The molecule has 2 aliphatic rings. The zero-order chi connectivity index (χ0) is 25.8. The second-order valence-electron chi connectivity index (χ2n) is 8.78. The van der Waals surface area contributed by atoms with Crippen molar-refractivity contribution in [2.45, 2.75) is 51.9 Å². The van der Waals surface area contributed by atoms with Gasteiger partial charge in [-0.3, -0.25) is 9.59 Å². The molecule has 2 heterocycles. The lowest BCUT2D eigenvalue weighted by atomic mass is 9.68. The molecule has 36 heavy (non-hydrogen) atoms. The van der Waals surface area contributed by atoms with Gasteiger partial charge >= 0.3 is 11.9 Å². The topological polar surface area (TPSA) is 81.7 Å². The molecule has 190 valence electrons. The molecule has 0 saturated carbocycles. The summed E-state index contributed by atoms with van der Waals surface area (Å²) in [6.45, 7) is 5.76. The standard InChI is InChI=1S/C28H30FNO5S/c1-4-8-19-25(28(33)35-6-3)22(16-10-12-17(29)13-11-16)24-20(30-19)15-18(21-9-7-14-36-21)23(26(24)31)27(32)34-5-2/h7,9-14,18,22-23,30H,4-6,8,15H2,1-3H3/t18-,22+,23-/m0/s1. The SMILES string of the molecule is CCCC1=C(C(=O)OCC)[C@H](c2ccc(F)cc2)C2=C(C[C@@H](c3cccs3)[C@H](C(=O)OCC)C2=O)N1. The summed E-state index contributed by atoms with van der Waals surface area (Å²) in [6, 6.07) is 9.60. The highest BCUT2D eigenvalue weighted by Gasteiger charge is 2.49. The first-order valence-corrected chi connectivity index (χ1v) is 13.2. The Morgan fingerprint density at radius 1 is 1.08 bits per heavy atom. The summed E-state index contributed by atoms with van der Waals surface area (Å²) in [5, 5.41) is 5.31. The number of hydrogen-bond donors (Lipinski definition) is 1. The van der Waals surface area contributed by atoms with Gasteiger partial charge < -0.3 is 14.8 Å². The van der Waals surface area contributed by atoms with E-state index in [2.05, 4.69) is 5.32 Å². The highest BCUT2D eigenvalue weighted by atomic mass is 32.1. The van der Waals surface area contributed by atoms with E-state index in [0.29, 0.717) is 40.9 Å². The summed E-state index contributed by atoms with van der Waals surface area (Å²) in [5.41, 5.74) is 2.64. The fraction of sp³-hybridized carbons (Fsp3) is 0.393. The molecule has 0 bridgehead atoms. The van der Waals surface area contributed by atoms with Gasteiger partial charge in [0, 0.05) is 33.7 Å². The minimum Gasteiger partial charge on any atom is -0.465 e. The molecular weight excluding hydrogens is 481 g/mol. The van der Waals surface area contributed by atoms with Crippen molar-refractivity contribution >= 4 is 29.1 Å². The number of carbonyl (C=O) groups is 3. The van der Waals surface area contributed by atoms with Crippen LogP contribution >= 0.6 is 11.3 Å². The zero-order valence-electron chi connectivity index (χ0n) is 20.6. The second-order valence-corrected chi connectivity index (χ2v) is 9.76. The number of dihydropyridines is 1. The fourth-order valence-electron chi connectivity index (χ4n) is 5.11.